The summed E-state index contributed by atoms with van der Waals surface area (Å²) in [5, 5.41) is 23.4. The Morgan fingerprint density at radius 2 is 1.93 bits per heavy atom. The Morgan fingerprint density at radius 1 is 1.14 bits per heavy atom. The van der Waals surface area contributed by atoms with Gasteiger partial charge < -0.3 is 20.5 Å². The Hall–Kier alpha value is -3.64. The van der Waals surface area contributed by atoms with Crippen LogP contribution < -0.4 is 5.32 Å². The Kier molecular flexibility index (Phi) is 5.01. The van der Waals surface area contributed by atoms with Crippen molar-refractivity contribution in [2.75, 3.05) is 5.32 Å². The van der Waals surface area contributed by atoms with E-state index in [1.54, 1.807) is 0 Å². The number of H-pyrrole nitrogens is 1. The molecule has 2 aromatic heterocycles. The number of nitrogens with zero attached hydrogens (tertiary/aromatic N) is 1. The smallest absolute Gasteiger partial charge is 0.339 e. The summed E-state index contributed by atoms with van der Waals surface area (Å²) in [4.78, 5) is 19.5. The van der Waals surface area contributed by atoms with Crippen molar-refractivity contribution in [1.29, 1.82) is 0 Å². The normalized spacial score (nSPS) is 11.0. The number of nitrogens with one attached hydrogen (secondary N) is 2. The highest BCUT2D eigenvalue weighted by atomic mass is 16.4. The molecule has 0 saturated carbocycles. The van der Waals surface area contributed by atoms with Gasteiger partial charge >= 0.3 is 5.97 Å². The number of aromatic nitrogens is 2. The first-order chi connectivity index (χ1) is 14.1. The molecule has 0 atom stereocenters. The predicted octanol–water partition coefficient (Wildman–Crippen LogP) is 4.73. The molecular weight excluding hydrogens is 366 g/mol. The van der Waals surface area contributed by atoms with Gasteiger partial charge in [0.1, 0.15) is 11.2 Å². The number of pyridine rings is 1. The summed E-state index contributed by atoms with van der Waals surface area (Å²) in [5.41, 5.74) is 5.57. The van der Waals surface area contributed by atoms with Crippen molar-refractivity contribution < 1.29 is 15.0 Å². The lowest BCUT2D eigenvalue weighted by Crippen LogP contribution is -2.06. The SMILES string of the molecule is CCc1c(CO)cccc1Nc1c(C(=O)O)cnc2[nH]c(-c3ccccc3)cc12. The van der Waals surface area contributed by atoms with Gasteiger partial charge in [-0.3, -0.25) is 0 Å². The maximum Gasteiger partial charge on any atom is 0.339 e. The van der Waals surface area contributed by atoms with E-state index in [2.05, 4.69) is 15.3 Å². The fraction of sp³-hybridized carbons (Fsp3) is 0.130. The number of benzene rings is 2. The quantitative estimate of drug-likeness (QED) is 0.383. The van der Waals surface area contributed by atoms with E-state index in [-0.39, 0.29) is 12.2 Å². The summed E-state index contributed by atoms with van der Waals surface area (Å²) in [6.45, 7) is 1.93. The number of carboxylic acids is 1. The van der Waals surface area contributed by atoms with Crippen LogP contribution in [-0.4, -0.2) is 26.2 Å². The van der Waals surface area contributed by atoms with Crippen LogP contribution >= 0.6 is 0 Å². The predicted molar refractivity (Wildman–Crippen MR) is 114 cm³/mol. The van der Waals surface area contributed by atoms with Crippen molar-refractivity contribution >= 4 is 28.4 Å². The second-order valence-electron chi connectivity index (χ2n) is 6.74. The fourth-order valence-electron chi connectivity index (χ4n) is 3.60. The molecule has 4 rings (SSSR count). The van der Waals surface area contributed by atoms with Crippen LogP contribution in [0.15, 0.2) is 60.8 Å². The average Bonchev–Trinajstić information content (AvgIpc) is 3.19. The molecule has 29 heavy (non-hydrogen) atoms. The standard InChI is InChI=1S/C23H21N3O3/c1-2-16-15(13-27)9-6-10-19(16)25-21-17-11-20(14-7-4-3-5-8-14)26-22(17)24-12-18(21)23(28)29/h3-12,27H,2,13H2,1H3,(H,28,29)(H2,24,25,26). The van der Waals surface area contributed by atoms with Gasteiger partial charge in [0, 0.05) is 23.0 Å². The lowest BCUT2D eigenvalue weighted by atomic mass is 10.0. The first-order valence-electron chi connectivity index (χ1n) is 9.41. The second-order valence-corrected chi connectivity index (χ2v) is 6.74. The number of hydrogen-bond acceptors (Lipinski definition) is 4. The lowest BCUT2D eigenvalue weighted by molar-refractivity contribution is 0.0697. The minimum atomic E-state index is -1.05. The van der Waals surface area contributed by atoms with Gasteiger partial charge in [0.2, 0.25) is 0 Å². The van der Waals surface area contributed by atoms with Gasteiger partial charge in [-0.1, -0.05) is 49.4 Å². The summed E-state index contributed by atoms with van der Waals surface area (Å²) in [5.74, 6) is -1.05. The van der Waals surface area contributed by atoms with Gasteiger partial charge in [0.25, 0.3) is 0 Å². The van der Waals surface area contributed by atoms with Gasteiger partial charge in [0.05, 0.1) is 12.3 Å². The van der Waals surface area contributed by atoms with E-state index in [4.69, 9.17) is 0 Å². The summed E-state index contributed by atoms with van der Waals surface area (Å²) in [6.07, 6.45) is 2.07. The monoisotopic (exact) mass is 387 g/mol. The van der Waals surface area contributed by atoms with E-state index < -0.39 is 5.97 Å². The highest BCUT2D eigenvalue weighted by Gasteiger charge is 2.18. The maximum absolute atomic E-state index is 11.9. The fourth-order valence-corrected chi connectivity index (χ4v) is 3.60. The van der Waals surface area contributed by atoms with Crippen molar-refractivity contribution in [3.63, 3.8) is 0 Å². The molecule has 0 amide bonds. The third kappa shape index (κ3) is 3.46. The third-order valence-electron chi connectivity index (χ3n) is 5.03. The lowest BCUT2D eigenvalue weighted by Gasteiger charge is -2.16. The number of anilines is 2. The summed E-state index contributed by atoms with van der Waals surface area (Å²) in [6, 6.07) is 17.3. The number of carboxylic acid groups (broad SMARTS) is 1. The minimum absolute atomic E-state index is 0.0709. The highest BCUT2D eigenvalue weighted by molar-refractivity contribution is 6.06. The molecule has 6 heteroatoms. The number of aromatic carboxylic acids is 1. The van der Waals surface area contributed by atoms with Crippen molar-refractivity contribution in [2.45, 2.75) is 20.0 Å². The van der Waals surface area contributed by atoms with Crippen molar-refractivity contribution in [3.05, 3.63) is 77.5 Å². The number of hydrogen-bond donors (Lipinski definition) is 4. The summed E-state index contributed by atoms with van der Waals surface area (Å²) in [7, 11) is 0. The first-order valence-corrected chi connectivity index (χ1v) is 9.41. The molecule has 0 saturated heterocycles. The molecule has 0 radical (unpaired) electrons. The number of aliphatic hydroxyl groups excluding tert-OH is 1. The molecular formula is C23H21N3O3. The van der Waals surface area contributed by atoms with Gasteiger partial charge in [0.15, 0.2) is 0 Å². The average molecular weight is 387 g/mol. The van der Waals surface area contributed by atoms with Crippen LogP contribution in [0.2, 0.25) is 0 Å². The molecule has 0 spiro atoms. The topological polar surface area (TPSA) is 98.2 Å². The molecule has 0 fully saturated rings. The highest BCUT2D eigenvalue weighted by Crippen LogP contribution is 2.34. The van der Waals surface area contributed by atoms with E-state index in [1.165, 1.54) is 6.20 Å². The molecule has 146 valence electrons. The molecule has 0 aliphatic heterocycles. The molecule has 0 unspecified atom stereocenters. The first kappa shape index (κ1) is 18.7. The van der Waals surface area contributed by atoms with Crippen LogP contribution in [0.25, 0.3) is 22.3 Å². The number of rotatable bonds is 6. The number of fused-ring (bicyclic) bond motifs is 1. The van der Waals surface area contributed by atoms with Crippen LogP contribution in [0.1, 0.15) is 28.4 Å². The molecule has 2 heterocycles. The zero-order chi connectivity index (χ0) is 20.4. The van der Waals surface area contributed by atoms with Crippen LogP contribution in [0.3, 0.4) is 0 Å². The summed E-state index contributed by atoms with van der Waals surface area (Å²) < 4.78 is 0. The Labute approximate surface area is 167 Å². The van der Waals surface area contributed by atoms with Crippen LogP contribution in [0.5, 0.6) is 0 Å². The van der Waals surface area contributed by atoms with Crippen molar-refractivity contribution in [1.82, 2.24) is 9.97 Å². The van der Waals surface area contributed by atoms with E-state index in [1.807, 2.05) is 61.5 Å². The Balaban J connectivity index is 1.89. The zero-order valence-electron chi connectivity index (χ0n) is 15.9. The Bertz CT molecular complexity index is 1180. The third-order valence-corrected chi connectivity index (χ3v) is 5.03. The molecule has 0 aliphatic carbocycles. The molecule has 2 aromatic carbocycles. The molecule has 6 nitrogen and oxygen atoms in total. The van der Waals surface area contributed by atoms with E-state index in [9.17, 15) is 15.0 Å². The zero-order valence-corrected chi connectivity index (χ0v) is 15.9. The van der Waals surface area contributed by atoms with E-state index in [0.717, 1.165) is 28.1 Å². The molecule has 0 bridgehead atoms. The van der Waals surface area contributed by atoms with Crippen molar-refractivity contribution in [3.8, 4) is 11.3 Å². The number of aliphatic hydroxyl groups is 1. The van der Waals surface area contributed by atoms with Gasteiger partial charge in [-0.25, -0.2) is 9.78 Å². The largest absolute Gasteiger partial charge is 0.478 e. The molecule has 4 aromatic rings. The molecule has 4 N–H and O–H groups in total. The Morgan fingerprint density at radius 3 is 2.62 bits per heavy atom. The number of aromatic amines is 1. The second kappa shape index (κ2) is 7.77. The molecule has 0 aliphatic rings. The van der Waals surface area contributed by atoms with Crippen LogP contribution in [0.4, 0.5) is 11.4 Å². The minimum Gasteiger partial charge on any atom is -0.478 e. The number of carbonyl (C=O) groups is 1. The van der Waals surface area contributed by atoms with Crippen LogP contribution in [0, 0.1) is 0 Å². The van der Waals surface area contributed by atoms with Gasteiger partial charge in [-0.15, -0.1) is 0 Å². The van der Waals surface area contributed by atoms with E-state index in [0.29, 0.717) is 23.1 Å². The summed E-state index contributed by atoms with van der Waals surface area (Å²) >= 11 is 0. The van der Waals surface area contributed by atoms with Crippen LogP contribution in [-0.2, 0) is 13.0 Å². The van der Waals surface area contributed by atoms with Gasteiger partial charge in [-0.05, 0) is 35.2 Å². The maximum atomic E-state index is 11.9. The van der Waals surface area contributed by atoms with E-state index >= 15 is 0 Å². The van der Waals surface area contributed by atoms with Crippen molar-refractivity contribution in [2.24, 2.45) is 0 Å². The van der Waals surface area contributed by atoms with Gasteiger partial charge in [-0.2, -0.15) is 0 Å².